The van der Waals surface area contributed by atoms with Crippen molar-refractivity contribution in [1.29, 1.82) is 0 Å². The quantitative estimate of drug-likeness (QED) is 0.661. The lowest BCUT2D eigenvalue weighted by Crippen LogP contribution is -2.45. The maximum absolute atomic E-state index is 12.6. The summed E-state index contributed by atoms with van der Waals surface area (Å²) in [7, 11) is -1.56. The maximum atomic E-state index is 12.6. The van der Waals surface area contributed by atoms with E-state index in [9.17, 15) is 22.8 Å². The number of hydrogen-bond acceptors (Lipinski definition) is 6. The molecular formula is C18H24N2O6S. The lowest BCUT2D eigenvalue weighted by Gasteiger charge is -2.27. The van der Waals surface area contributed by atoms with Gasteiger partial charge in [-0.1, -0.05) is 0 Å². The minimum Gasteiger partial charge on any atom is -0.462 e. The van der Waals surface area contributed by atoms with Crippen molar-refractivity contribution in [3.63, 3.8) is 0 Å². The van der Waals surface area contributed by atoms with Crippen LogP contribution in [0.15, 0.2) is 24.3 Å². The second-order valence-electron chi connectivity index (χ2n) is 6.43. The van der Waals surface area contributed by atoms with Crippen LogP contribution in [-0.2, 0) is 24.2 Å². The van der Waals surface area contributed by atoms with Gasteiger partial charge in [0.1, 0.15) is 6.54 Å². The van der Waals surface area contributed by atoms with Gasteiger partial charge in [0, 0.05) is 25.7 Å². The van der Waals surface area contributed by atoms with E-state index < -0.39 is 15.8 Å². The minimum absolute atomic E-state index is 0.0520. The number of likely N-dealkylation sites (N-methyl/N-ethyl adjacent to an activating group) is 1. The first-order valence-corrected chi connectivity index (χ1v) is 10.5. The molecule has 1 unspecified atom stereocenters. The minimum atomic E-state index is -3.11. The van der Waals surface area contributed by atoms with Crippen molar-refractivity contribution in [3.8, 4) is 0 Å². The summed E-state index contributed by atoms with van der Waals surface area (Å²) in [5.74, 6) is -1.12. The number of carbonyl (C=O) groups is 3. The number of amides is 2. The zero-order chi connectivity index (χ0) is 20.2. The van der Waals surface area contributed by atoms with E-state index in [0.717, 1.165) is 0 Å². The fraction of sp³-hybridized carbons (Fsp3) is 0.500. The van der Waals surface area contributed by atoms with E-state index in [0.29, 0.717) is 17.7 Å². The summed E-state index contributed by atoms with van der Waals surface area (Å²) in [6, 6.07) is 5.83. The SMILES string of the molecule is CCOC(=O)c1ccc(N(CC(=O)N(C)C2CCS(=O)(=O)C2)C(C)=O)cc1. The molecule has 1 aliphatic rings. The molecule has 1 atom stereocenters. The van der Waals surface area contributed by atoms with Crippen LogP contribution in [0, 0.1) is 0 Å². The zero-order valence-corrected chi connectivity index (χ0v) is 16.5. The normalized spacial score (nSPS) is 18.0. The molecule has 0 aromatic heterocycles. The van der Waals surface area contributed by atoms with Crippen LogP contribution in [0.25, 0.3) is 0 Å². The molecule has 1 aromatic carbocycles. The van der Waals surface area contributed by atoms with Crippen LogP contribution >= 0.6 is 0 Å². The third-order valence-electron chi connectivity index (χ3n) is 4.51. The first-order valence-electron chi connectivity index (χ1n) is 8.66. The van der Waals surface area contributed by atoms with Gasteiger partial charge in [0.2, 0.25) is 11.8 Å². The van der Waals surface area contributed by atoms with E-state index in [1.807, 2.05) is 0 Å². The van der Waals surface area contributed by atoms with E-state index in [1.54, 1.807) is 26.1 Å². The van der Waals surface area contributed by atoms with E-state index in [-0.39, 0.29) is 42.5 Å². The number of nitrogens with zero attached hydrogens (tertiary/aromatic N) is 2. The molecule has 27 heavy (non-hydrogen) atoms. The Balaban J connectivity index is 2.10. The summed E-state index contributed by atoms with van der Waals surface area (Å²) in [6.45, 7) is 3.10. The van der Waals surface area contributed by atoms with Gasteiger partial charge in [0.25, 0.3) is 0 Å². The molecule has 1 aromatic rings. The Bertz CT molecular complexity index is 819. The Kier molecular flexibility index (Phi) is 6.59. The molecule has 1 heterocycles. The van der Waals surface area contributed by atoms with Crippen LogP contribution < -0.4 is 4.90 Å². The average Bonchev–Trinajstić information content (AvgIpc) is 2.98. The topological polar surface area (TPSA) is 101 Å². The largest absolute Gasteiger partial charge is 0.462 e. The van der Waals surface area contributed by atoms with Crippen LogP contribution in [0.4, 0.5) is 5.69 Å². The monoisotopic (exact) mass is 396 g/mol. The number of carbonyl (C=O) groups excluding carboxylic acids is 3. The molecule has 0 N–H and O–H groups in total. The summed E-state index contributed by atoms with van der Waals surface area (Å²) < 4.78 is 28.1. The van der Waals surface area contributed by atoms with Gasteiger partial charge in [-0.05, 0) is 37.6 Å². The number of ether oxygens (including phenoxy) is 1. The fourth-order valence-electron chi connectivity index (χ4n) is 2.91. The average molecular weight is 396 g/mol. The van der Waals surface area contributed by atoms with E-state index >= 15 is 0 Å². The summed E-state index contributed by atoms with van der Waals surface area (Å²) >= 11 is 0. The van der Waals surface area contributed by atoms with Gasteiger partial charge >= 0.3 is 5.97 Å². The summed E-state index contributed by atoms with van der Waals surface area (Å²) in [5, 5.41) is 0. The van der Waals surface area contributed by atoms with Gasteiger partial charge < -0.3 is 14.5 Å². The molecule has 0 aliphatic carbocycles. The van der Waals surface area contributed by atoms with Crippen molar-refractivity contribution in [2.45, 2.75) is 26.3 Å². The first-order chi connectivity index (χ1) is 12.6. The third kappa shape index (κ3) is 5.29. The summed E-state index contributed by atoms with van der Waals surface area (Å²) in [4.78, 5) is 39.0. The van der Waals surface area contributed by atoms with Crippen LogP contribution in [0.2, 0.25) is 0 Å². The molecule has 1 saturated heterocycles. The fourth-order valence-corrected chi connectivity index (χ4v) is 4.68. The number of benzene rings is 1. The molecule has 2 amide bonds. The lowest BCUT2D eigenvalue weighted by molar-refractivity contribution is -0.131. The molecule has 0 saturated carbocycles. The second-order valence-corrected chi connectivity index (χ2v) is 8.66. The van der Waals surface area contributed by atoms with Crippen molar-refractivity contribution < 1.29 is 27.5 Å². The van der Waals surface area contributed by atoms with Gasteiger partial charge in [0.05, 0.1) is 23.7 Å². The Morgan fingerprint density at radius 3 is 2.30 bits per heavy atom. The predicted octanol–water partition coefficient (Wildman–Crippen LogP) is 0.862. The summed E-state index contributed by atoms with van der Waals surface area (Å²) in [5.41, 5.74) is 0.819. The highest BCUT2D eigenvalue weighted by atomic mass is 32.2. The molecule has 1 aliphatic heterocycles. The van der Waals surface area contributed by atoms with Crippen molar-refractivity contribution in [2.24, 2.45) is 0 Å². The highest BCUT2D eigenvalue weighted by molar-refractivity contribution is 7.91. The van der Waals surface area contributed by atoms with Crippen molar-refractivity contribution in [1.82, 2.24) is 4.90 Å². The van der Waals surface area contributed by atoms with E-state index in [1.165, 1.54) is 28.9 Å². The van der Waals surface area contributed by atoms with Crippen LogP contribution in [-0.4, -0.2) is 68.8 Å². The number of rotatable bonds is 6. The van der Waals surface area contributed by atoms with E-state index in [4.69, 9.17) is 4.74 Å². The van der Waals surface area contributed by atoms with Crippen LogP contribution in [0.5, 0.6) is 0 Å². The Hall–Kier alpha value is -2.42. The molecule has 2 rings (SSSR count). The molecule has 148 valence electrons. The molecule has 0 radical (unpaired) electrons. The van der Waals surface area contributed by atoms with Gasteiger partial charge in [-0.2, -0.15) is 0 Å². The second kappa shape index (κ2) is 8.51. The van der Waals surface area contributed by atoms with Crippen LogP contribution in [0.3, 0.4) is 0 Å². The molecule has 0 bridgehead atoms. The zero-order valence-electron chi connectivity index (χ0n) is 15.7. The number of hydrogen-bond donors (Lipinski definition) is 0. The number of sulfone groups is 1. The molecule has 8 nitrogen and oxygen atoms in total. The van der Waals surface area contributed by atoms with E-state index in [2.05, 4.69) is 0 Å². The highest BCUT2D eigenvalue weighted by Gasteiger charge is 2.33. The standard InChI is InChI=1S/C18H24N2O6S/c1-4-26-18(23)14-5-7-15(8-6-14)20(13(2)21)11-17(22)19(3)16-9-10-27(24,25)12-16/h5-8,16H,4,9-12H2,1-3H3. The van der Waals surface area contributed by atoms with Crippen molar-refractivity contribution in [2.75, 3.05) is 36.6 Å². The van der Waals surface area contributed by atoms with Gasteiger partial charge in [-0.3, -0.25) is 9.59 Å². The Morgan fingerprint density at radius 1 is 1.19 bits per heavy atom. The predicted molar refractivity (Wildman–Crippen MR) is 100 cm³/mol. The van der Waals surface area contributed by atoms with Gasteiger partial charge in [-0.15, -0.1) is 0 Å². The lowest BCUT2D eigenvalue weighted by atomic mass is 10.2. The number of esters is 1. The molecular weight excluding hydrogens is 372 g/mol. The van der Waals surface area contributed by atoms with Crippen molar-refractivity contribution in [3.05, 3.63) is 29.8 Å². The highest BCUT2D eigenvalue weighted by Crippen LogP contribution is 2.19. The Morgan fingerprint density at radius 2 is 1.81 bits per heavy atom. The van der Waals surface area contributed by atoms with Gasteiger partial charge in [0.15, 0.2) is 9.84 Å². The maximum Gasteiger partial charge on any atom is 0.338 e. The summed E-state index contributed by atoms with van der Waals surface area (Å²) in [6.07, 6.45) is 0.402. The first kappa shape index (κ1) is 20.9. The molecule has 9 heteroatoms. The molecule has 0 spiro atoms. The third-order valence-corrected chi connectivity index (χ3v) is 6.26. The van der Waals surface area contributed by atoms with Gasteiger partial charge in [-0.25, -0.2) is 13.2 Å². The Labute approximate surface area is 159 Å². The molecule has 1 fully saturated rings. The van der Waals surface area contributed by atoms with Crippen LogP contribution in [0.1, 0.15) is 30.6 Å². The number of anilines is 1. The van der Waals surface area contributed by atoms with Crippen molar-refractivity contribution >= 4 is 33.3 Å². The smallest absolute Gasteiger partial charge is 0.338 e.